The van der Waals surface area contributed by atoms with Crippen LogP contribution in [0.1, 0.15) is 40.0 Å². The molecule has 2 unspecified atom stereocenters. The summed E-state index contributed by atoms with van der Waals surface area (Å²) in [5, 5.41) is 16.8. The molecular weight excluding hydrogens is 258 g/mol. The quantitative estimate of drug-likeness (QED) is 0.494. The Kier molecular flexibility index (Phi) is 7.61. The molecule has 112 valence electrons. The fourth-order valence-electron chi connectivity index (χ4n) is 1.90. The molecule has 1 aliphatic heterocycles. The second-order valence-electron chi connectivity index (χ2n) is 5.53. The maximum absolute atomic E-state index is 9.42. The molecule has 3 N–H and O–H groups in total. The Hall–Kier alpha value is -0.420. The average Bonchev–Trinajstić information content (AvgIpc) is 2.95. The van der Waals surface area contributed by atoms with Gasteiger partial charge < -0.3 is 15.7 Å². The second kappa shape index (κ2) is 8.69. The number of aliphatic imine (C=N–C) groups is 1. The molecule has 1 fully saturated rings. The van der Waals surface area contributed by atoms with E-state index in [4.69, 9.17) is 0 Å². The highest BCUT2D eigenvalue weighted by atomic mass is 32.2. The molecule has 0 aliphatic carbocycles. The molecule has 1 aliphatic rings. The number of aliphatic hydroxyl groups excluding tert-OH is 1. The van der Waals surface area contributed by atoms with Crippen LogP contribution in [-0.2, 0) is 0 Å². The van der Waals surface area contributed by atoms with Crippen LogP contribution in [0, 0.1) is 5.41 Å². The monoisotopic (exact) mass is 287 g/mol. The minimum absolute atomic E-state index is 0.107. The van der Waals surface area contributed by atoms with Crippen LogP contribution in [0.5, 0.6) is 0 Å². The van der Waals surface area contributed by atoms with Gasteiger partial charge in [0, 0.05) is 23.8 Å². The van der Waals surface area contributed by atoms with Gasteiger partial charge in [-0.2, -0.15) is 11.8 Å². The molecule has 19 heavy (non-hydrogen) atoms. The van der Waals surface area contributed by atoms with Gasteiger partial charge in [0.1, 0.15) is 0 Å². The molecule has 0 aromatic carbocycles. The van der Waals surface area contributed by atoms with E-state index in [1.807, 2.05) is 11.8 Å². The molecule has 0 bridgehead atoms. The van der Waals surface area contributed by atoms with E-state index >= 15 is 0 Å². The van der Waals surface area contributed by atoms with Crippen molar-refractivity contribution < 1.29 is 5.11 Å². The lowest BCUT2D eigenvalue weighted by Gasteiger charge is -2.24. The summed E-state index contributed by atoms with van der Waals surface area (Å²) in [5.41, 5.74) is -0.107. The predicted octanol–water partition coefficient (Wildman–Crippen LogP) is 1.85. The Morgan fingerprint density at radius 2 is 2.21 bits per heavy atom. The van der Waals surface area contributed by atoms with Crippen molar-refractivity contribution in [3.05, 3.63) is 0 Å². The summed E-state index contributed by atoms with van der Waals surface area (Å²) in [5.74, 6) is 2.17. The molecule has 2 atom stereocenters. The van der Waals surface area contributed by atoms with Crippen molar-refractivity contribution >= 4 is 17.7 Å². The molecule has 0 aromatic heterocycles. The van der Waals surface area contributed by atoms with Crippen molar-refractivity contribution in [2.75, 3.05) is 32.0 Å². The third-order valence-corrected chi connectivity index (χ3v) is 5.12. The van der Waals surface area contributed by atoms with E-state index in [1.165, 1.54) is 18.6 Å². The molecule has 0 spiro atoms. The van der Waals surface area contributed by atoms with E-state index in [1.54, 1.807) is 0 Å². The minimum Gasteiger partial charge on any atom is -0.396 e. The van der Waals surface area contributed by atoms with Crippen molar-refractivity contribution in [2.45, 2.75) is 45.3 Å². The first kappa shape index (κ1) is 16.6. The molecule has 0 amide bonds. The second-order valence-corrected chi connectivity index (χ2v) is 6.94. The minimum atomic E-state index is -0.107. The van der Waals surface area contributed by atoms with Crippen molar-refractivity contribution in [3.63, 3.8) is 0 Å². The van der Waals surface area contributed by atoms with E-state index in [-0.39, 0.29) is 12.0 Å². The van der Waals surface area contributed by atoms with Crippen LogP contribution in [0.3, 0.4) is 0 Å². The normalized spacial score (nSPS) is 23.2. The summed E-state index contributed by atoms with van der Waals surface area (Å²) in [6, 6.07) is 0. The van der Waals surface area contributed by atoms with Crippen LogP contribution in [0.25, 0.3) is 0 Å². The van der Waals surface area contributed by atoms with Crippen molar-refractivity contribution in [1.82, 2.24) is 10.6 Å². The van der Waals surface area contributed by atoms with Crippen LogP contribution in [-0.4, -0.2) is 48.3 Å². The van der Waals surface area contributed by atoms with Gasteiger partial charge in [0.25, 0.3) is 0 Å². The number of rotatable bonds is 7. The first-order valence-electron chi connectivity index (χ1n) is 7.38. The van der Waals surface area contributed by atoms with Gasteiger partial charge in [-0.1, -0.05) is 13.8 Å². The van der Waals surface area contributed by atoms with E-state index in [0.29, 0.717) is 6.54 Å². The topological polar surface area (TPSA) is 56.7 Å². The van der Waals surface area contributed by atoms with Crippen LogP contribution >= 0.6 is 11.8 Å². The van der Waals surface area contributed by atoms with Gasteiger partial charge in [-0.15, -0.1) is 0 Å². The van der Waals surface area contributed by atoms with Crippen molar-refractivity contribution in [3.8, 4) is 0 Å². The number of nitrogens with one attached hydrogen (secondary N) is 2. The summed E-state index contributed by atoms with van der Waals surface area (Å²) in [4.78, 5) is 4.61. The number of hydrogen-bond donors (Lipinski definition) is 3. The lowest BCUT2D eigenvalue weighted by Crippen LogP contribution is -2.41. The van der Waals surface area contributed by atoms with Gasteiger partial charge >= 0.3 is 0 Å². The molecule has 4 nitrogen and oxygen atoms in total. The zero-order valence-corrected chi connectivity index (χ0v) is 13.4. The van der Waals surface area contributed by atoms with Gasteiger partial charge in [-0.3, -0.25) is 4.99 Å². The molecule has 1 heterocycles. The van der Waals surface area contributed by atoms with Gasteiger partial charge in [-0.05, 0) is 31.9 Å². The van der Waals surface area contributed by atoms with Gasteiger partial charge in [0.15, 0.2) is 5.96 Å². The number of hydrogen-bond acceptors (Lipinski definition) is 3. The molecule has 5 heteroatoms. The Morgan fingerprint density at radius 3 is 2.74 bits per heavy atom. The Labute approximate surface area is 121 Å². The van der Waals surface area contributed by atoms with Gasteiger partial charge in [-0.25, -0.2) is 0 Å². The predicted molar refractivity (Wildman–Crippen MR) is 84.9 cm³/mol. The third kappa shape index (κ3) is 6.04. The lowest BCUT2D eigenvalue weighted by molar-refractivity contribution is 0.145. The Balaban J connectivity index is 2.45. The number of thioether (sulfide) groups is 1. The van der Waals surface area contributed by atoms with Crippen LogP contribution < -0.4 is 10.6 Å². The zero-order valence-electron chi connectivity index (χ0n) is 12.5. The summed E-state index contributed by atoms with van der Waals surface area (Å²) >= 11 is 2.05. The number of nitrogens with zero attached hydrogens (tertiary/aromatic N) is 1. The Morgan fingerprint density at radius 1 is 1.42 bits per heavy atom. The van der Waals surface area contributed by atoms with E-state index < -0.39 is 0 Å². The number of guanidine groups is 1. The first-order chi connectivity index (χ1) is 9.13. The molecule has 0 aromatic rings. The van der Waals surface area contributed by atoms with Crippen LogP contribution in [0.4, 0.5) is 0 Å². The highest BCUT2D eigenvalue weighted by Gasteiger charge is 2.21. The first-order valence-corrected chi connectivity index (χ1v) is 8.43. The smallest absolute Gasteiger partial charge is 0.191 e. The Bertz CT molecular complexity index is 274. The largest absolute Gasteiger partial charge is 0.396 e. The maximum atomic E-state index is 9.42. The van der Waals surface area contributed by atoms with E-state index in [2.05, 4.69) is 36.4 Å². The highest BCUT2D eigenvalue weighted by molar-refractivity contribution is 8.00. The van der Waals surface area contributed by atoms with Crippen molar-refractivity contribution in [1.29, 1.82) is 0 Å². The molecule has 1 rings (SSSR count). The summed E-state index contributed by atoms with van der Waals surface area (Å²) in [6.45, 7) is 8.95. The molecule has 1 saturated heterocycles. The summed E-state index contributed by atoms with van der Waals surface area (Å²) < 4.78 is 0. The van der Waals surface area contributed by atoms with Crippen LogP contribution in [0.2, 0.25) is 0 Å². The summed E-state index contributed by atoms with van der Waals surface area (Å²) in [6.07, 6.45) is 3.58. The lowest BCUT2D eigenvalue weighted by atomic mass is 9.89. The fraction of sp³-hybridized carbons (Fsp3) is 0.929. The van der Waals surface area contributed by atoms with Gasteiger partial charge in [0.05, 0.1) is 13.2 Å². The van der Waals surface area contributed by atoms with Gasteiger partial charge in [0.2, 0.25) is 0 Å². The maximum Gasteiger partial charge on any atom is 0.191 e. The SMILES string of the molecule is CCNC(=NCC(C)(CC)CO)NCC1CCCS1. The van der Waals surface area contributed by atoms with Crippen LogP contribution in [0.15, 0.2) is 4.99 Å². The zero-order chi connectivity index (χ0) is 14.1. The average molecular weight is 287 g/mol. The fourth-order valence-corrected chi connectivity index (χ4v) is 3.10. The standard InChI is InChI=1S/C14H29N3OS/c1-4-14(3,11-18)10-17-13(15-5-2)16-9-12-7-6-8-19-12/h12,18H,4-11H2,1-3H3,(H2,15,16,17). The summed E-state index contributed by atoms with van der Waals surface area (Å²) in [7, 11) is 0. The highest BCUT2D eigenvalue weighted by Crippen LogP contribution is 2.25. The van der Waals surface area contributed by atoms with E-state index in [0.717, 1.165) is 30.7 Å². The number of aliphatic hydroxyl groups is 1. The molecule has 0 saturated carbocycles. The molecule has 0 radical (unpaired) electrons. The van der Waals surface area contributed by atoms with E-state index in [9.17, 15) is 5.11 Å². The molecular formula is C14H29N3OS. The third-order valence-electron chi connectivity index (χ3n) is 3.72. The van der Waals surface area contributed by atoms with Crippen molar-refractivity contribution in [2.24, 2.45) is 10.4 Å².